The Morgan fingerprint density at radius 3 is 1.03 bits per heavy atom. The van der Waals surface area contributed by atoms with Gasteiger partial charge in [0, 0.05) is 19.6 Å². The Balaban J connectivity index is 3.14. The van der Waals surface area contributed by atoms with Crippen LogP contribution in [0.2, 0.25) is 0 Å². The molecule has 10 nitrogen and oxygen atoms in total. The third-order valence-corrected chi connectivity index (χ3v) is 5.27. The van der Waals surface area contributed by atoms with Gasteiger partial charge in [-0.2, -0.15) is 0 Å². The Morgan fingerprint density at radius 1 is 0.436 bits per heavy atom. The van der Waals surface area contributed by atoms with Crippen LogP contribution in [-0.4, -0.2) is 118 Å². The van der Waals surface area contributed by atoms with Gasteiger partial charge in [0.1, 0.15) is 0 Å². The molecule has 39 heavy (non-hydrogen) atoms. The molecule has 0 aromatic carbocycles. The summed E-state index contributed by atoms with van der Waals surface area (Å²) in [5.74, 6) is 0.0253. The molecular formula is C29H59NO9. The molecule has 1 N–H and O–H groups in total. The number of hydrogen-bond acceptors (Lipinski definition) is 9. The van der Waals surface area contributed by atoms with Gasteiger partial charge in [-0.1, -0.05) is 41.5 Å². The zero-order chi connectivity index (χ0) is 29.1. The predicted octanol–water partition coefficient (Wildman–Crippen LogP) is 3.50. The van der Waals surface area contributed by atoms with Gasteiger partial charge in [0.05, 0.1) is 99.1 Å². The highest BCUT2D eigenvalue weighted by molar-refractivity contribution is 5.75. The summed E-state index contributed by atoms with van der Waals surface area (Å²) in [7, 11) is 0. The molecule has 234 valence electrons. The predicted molar refractivity (Wildman–Crippen MR) is 152 cm³/mol. The van der Waals surface area contributed by atoms with Crippen molar-refractivity contribution < 1.29 is 42.7 Å². The maximum absolute atomic E-state index is 11.7. The second-order valence-corrected chi connectivity index (χ2v) is 11.6. The van der Waals surface area contributed by atoms with Crippen LogP contribution < -0.4 is 5.32 Å². The van der Waals surface area contributed by atoms with Crippen LogP contribution in [0.3, 0.4) is 0 Å². The van der Waals surface area contributed by atoms with E-state index in [9.17, 15) is 4.79 Å². The molecule has 0 heterocycles. The van der Waals surface area contributed by atoms with E-state index < -0.39 is 0 Å². The molecule has 0 saturated carbocycles. The van der Waals surface area contributed by atoms with Crippen LogP contribution in [0.1, 0.15) is 60.8 Å². The summed E-state index contributed by atoms with van der Waals surface area (Å²) >= 11 is 0. The molecular weight excluding hydrogens is 506 g/mol. The highest BCUT2D eigenvalue weighted by atomic mass is 16.6. The van der Waals surface area contributed by atoms with E-state index >= 15 is 0 Å². The molecule has 0 unspecified atom stereocenters. The molecule has 0 atom stereocenters. The standard InChI is InChI=1S/C29H59NO9/c1-28(2,3)8-10-30-27(31)7-11-32-13-15-34-17-19-36-21-23-38-25-26-39-24-22-37-20-18-35-16-14-33-12-9-29(4,5)6/h7-26H2,1-6H3,(H,30,31). The fraction of sp³-hybridized carbons (Fsp3) is 0.966. The van der Waals surface area contributed by atoms with Gasteiger partial charge in [-0.05, 0) is 23.7 Å². The van der Waals surface area contributed by atoms with E-state index in [4.69, 9.17) is 37.9 Å². The van der Waals surface area contributed by atoms with Gasteiger partial charge in [0.25, 0.3) is 0 Å². The summed E-state index contributed by atoms with van der Waals surface area (Å²) in [6.45, 7) is 22.3. The maximum atomic E-state index is 11.7. The number of carbonyl (C=O) groups excluding carboxylic acids is 1. The summed E-state index contributed by atoms with van der Waals surface area (Å²) < 4.78 is 43.8. The summed E-state index contributed by atoms with van der Waals surface area (Å²) in [6, 6.07) is 0. The summed E-state index contributed by atoms with van der Waals surface area (Å²) in [5, 5.41) is 2.91. The lowest BCUT2D eigenvalue weighted by molar-refractivity contribution is -0.122. The summed E-state index contributed by atoms with van der Waals surface area (Å²) in [6.07, 6.45) is 2.38. The zero-order valence-corrected chi connectivity index (χ0v) is 25.8. The van der Waals surface area contributed by atoms with Gasteiger partial charge < -0.3 is 43.2 Å². The minimum Gasteiger partial charge on any atom is -0.379 e. The minimum absolute atomic E-state index is 0.0253. The van der Waals surface area contributed by atoms with Crippen LogP contribution >= 0.6 is 0 Å². The molecule has 10 heteroatoms. The normalized spacial score (nSPS) is 12.3. The molecule has 0 bridgehead atoms. The second kappa shape index (κ2) is 26.1. The molecule has 0 aromatic heterocycles. The first-order valence-electron chi connectivity index (χ1n) is 14.5. The molecule has 0 aliphatic rings. The van der Waals surface area contributed by atoms with Crippen LogP contribution in [0, 0.1) is 10.8 Å². The third-order valence-electron chi connectivity index (χ3n) is 5.27. The van der Waals surface area contributed by atoms with Crippen molar-refractivity contribution in [3.63, 3.8) is 0 Å². The molecule has 0 spiro atoms. The number of carbonyl (C=O) groups is 1. The van der Waals surface area contributed by atoms with E-state index in [1.165, 1.54) is 0 Å². The lowest BCUT2D eigenvalue weighted by Crippen LogP contribution is -2.28. The first-order chi connectivity index (χ1) is 18.6. The number of rotatable bonds is 28. The van der Waals surface area contributed by atoms with E-state index in [0.29, 0.717) is 117 Å². The topological polar surface area (TPSA) is 103 Å². The summed E-state index contributed by atoms with van der Waals surface area (Å²) in [5.41, 5.74) is 0.530. The number of hydrogen-bond donors (Lipinski definition) is 1. The molecule has 0 radical (unpaired) electrons. The van der Waals surface area contributed by atoms with Crippen molar-refractivity contribution in [2.24, 2.45) is 10.8 Å². The first kappa shape index (κ1) is 38.1. The molecule has 0 fully saturated rings. The maximum Gasteiger partial charge on any atom is 0.222 e. The lowest BCUT2D eigenvalue weighted by Gasteiger charge is -2.17. The van der Waals surface area contributed by atoms with Gasteiger partial charge in [-0.25, -0.2) is 0 Å². The van der Waals surface area contributed by atoms with Crippen LogP contribution in [0.25, 0.3) is 0 Å². The zero-order valence-electron chi connectivity index (χ0n) is 25.8. The van der Waals surface area contributed by atoms with Crippen molar-refractivity contribution >= 4 is 5.91 Å². The Labute approximate surface area is 238 Å². The number of amides is 1. The highest BCUT2D eigenvalue weighted by Gasteiger charge is 2.10. The molecule has 0 saturated heterocycles. The van der Waals surface area contributed by atoms with Crippen LogP contribution in [0.5, 0.6) is 0 Å². The van der Waals surface area contributed by atoms with Gasteiger partial charge in [-0.3, -0.25) is 4.79 Å². The SMILES string of the molecule is CC(C)(C)CCNC(=O)CCOCCOCCOCCOCCOCCOCCOCCOCCC(C)(C)C. The van der Waals surface area contributed by atoms with Crippen LogP contribution in [0.15, 0.2) is 0 Å². The molecule has 0 aliphatic heterocycles. The second-order valence-electron chi connectivity index (χ2n) is 11.6. The Morgan fingerprint density at radius 2 is 0.718 bits per heavy atom. The van der Waals surface area contributed by atoms with Crippen LogP contribution in [-0.2, 0) is 42.7 Å². The molecule has 0 rings (SSSR count). The lowest BCUT2D eigenvalue weighted by atomic mass is 9.92. The van der Waals surface area contributed by atoms with Crippen LogP contribution in [0.4, 0.5) is 0 Å². The minimum atomic E-state index is 0.0253. The van der Waals surface area contributed by atoms with Crippen molar-refractivity contribution in [3.8, 4) is 0 Å². The highest BCUT2D eigenvalue weighted by Crippen LogP contribution is 2.18. The first-order valence-corrected chi connectivity index (χ1v) is 14.5. The van der Waals surface area contributed by atoms with Crippen molar-refractivity contribution in [1.29, 1.82) is 0 Å². The van der Waals surface area contributed by atoms with Gasteiger partial charge in [0.2, 0.25) is 5.91 Å². The smallest absolute Gasteiger partial charge is 0.222 e. The summed E-state index contributed by atoms with van der Waals surface area (Å²) in [4.78, 5) is 11.7. The Bertz CT molecular complexity index is 536. The third kappa shape index (κ3) is 35.1. The Kier molecular flexibility index (Phi) is 25.5. The van der Waals surface area contributed by atoms with E-state index in [0.717, 1.165) is 19.4 Å². The fourth-order valence-corrected chi connectivity index (χ4v) is 2.85. The van der Waals surface area contributed by atoms with Gasteiger partial charge in [0.15, 0.2) is 0 Å². The number of nitrogens with one attached hydrogen (secondary N) is 1. The quantitative estimate of drug-likeness (QED) is 0.143. The van der Waals surface area contributed by atoms with Crippen molar-refractivity contribution in [2.75, 3.05) is 112 Å². The van der Waals surface area contributed by atoms with E-state index in [1.54, 1.807) is 0 Å². The Hall–Kier alpha value is -0.850. The number of ether oxygens (including phenoxy) is 8. The van der Waals surface area contributed by atoms with Crippen molar-refractivity contribution in [3.05, 3.63) is 0 Å². The average Bonchev–Trinajstić information content (AvgIpc) is 2.84. The van der Waals surface area contributed by atoms with E-state index in [1.807, 2.05) is 0 Å². The molecule has 0 aliphatic carbocycles. The van der Waals surface area contributed by atoms with Crippen molar-refractivity contribution in [2.45, 2.75) is 60.8 Å². The molecule has 1 amide bonds. The average molecular weight is 566 g/mol. The fourth-order valence-electron chi connectivity index (χ4n) is 2.85. The van der Waals surface area contributed by atoms with Crippen molar-refractivity contribution in [1.82, 2.24) is 5.32 Å². The largest absolute Gasteiger partial charge is 0.379 e. The monoisotopic (exact) mass is 565 g/mol. The van der Waals surface area contributed by atoms with E-state index in [2.05, 4.69) is 46.9 Å². The van der Waals surface area contributed by atoms with Gasteiger partial charge in [-0.15, -0.1) is 0 Å². The van der Waals surface area contributed by atoms with E-state index in [-0.39, 0.29) is 11.3 Å². The molecule has 0 aromatic rings. The van der Waals surface area contributed by atoms with Gasteiger partial charge >= 0.3 is 0 Å².